The number of carbonyl (C=O) groups is 3. The molecule has 168 valence electrons. The number of hydrogen-bond donors (Lipinski definition) is 1. The van der Waals surface area contributed by atoms with Crippen LogP contribution in [0.4, 0.5) is 0 Å². The third-order valence-corrected chi connectivity index (χ3v) is 4.71. The van der Waals surface area contributed by atoms with E-state index in [1.165, 1.54) is 0 Å². The Kier molecular flexibility index (Phi) is 11.5. The van der Waals surface area contributed by atoms with Crippen molar-refractivity contribution in [3.8, 4) is 0 Å². The van der Waals surface area contributed by atoms with Gasteiger partial charge in [-0.25, -0.2) is 9.59 Å². The lowest BCUT2D eigenvalue weighted by Gasteiger charge is -2.31. The van der Waals surface area contributed by atoms with Crippen molar-refractivity contribution in [3.05, 3.63) is 37.6 Å². The first-order valence-electron chi connectivity index (χ1n) is 10.0. The molecule has 0 bridgehead atoms. The van der Waals surface area contributed by atoms with E-state index in [1.807, 2.05) is 6.92 Å². The Bertz CT molecular complexity index is 573. The Morgan fingerprint density at radius 1 is 0.900 bits per heavy atom. The molecule has 0 saturated heterocycles. The van der Waals surface area contributed by atoms with Crippen LogP contribution >= 0.6 is 0 Å². The van der Waals surface area contributed by atoms with Crippen molar-refractivity contribution in [1.29, 1.82) is 0 Å². The number of aliphatic hydroxyl groups excluding tert-OH is 1. The number of allylic oxidation sites excluding steroid dienone is 1. The summed E-state index contributed by atoms with van der Waals surface area (Å²) in [6.45, 7) is 12.4. The molecule has 0 aromatic carbocycles. The van der Waals surface area contributed by atoms with Crippen molar-refractivity contribution in [2.45, 2.75) is 38.7 Å². The molecule has 1 rings (SSSR count). The van der Waals surface area contributed by atoms with E-state index in [0.717, 1.165) is 31.4 Å². The van der Waals surface area contributed by atoms with Gasteiger partial charge in [-0.1, -0.05) is 39.5 Å². The monoisotopic (exact) mass is 424 g/mol. The zero-order valence-electron chi connectivity index (χ0n) is 17.5. The van der Waals surface area contributed by atoms with Crippen LogP contribution in [0.25, 0.3) is 0 Å². The van der Waals surface area contributed by atoms with Crippen molar-refractivity contribution < 1.29 is 38.4 Å². The van der Waals surface area contributed by atoms with Gasteiger partial charge in [0.2, 0.25) is 0 Å². The van der Waals surface area contributed by atoms with Crippen LogP contribution in [0.1, 0.15) is 32.6 Å². The molecule has 0 spiro atoms. The van der Waals surface area contributed by atoms with Gasteiger partial charge in [-0.15, -0.1) is 0 Å². The van der Waals surface area contributed by atoms with Gasteiger partial charge in [0, 0.05) is 24.0 Å². The lowest BCUT2D eigenvalue weighted by atomic mass is 9.78. The molecule has 1 fully saturated rings. The van der Waals surface area contributed by atoms with Gasteiger partial charge in [-0.3, -0.25) is 4.79 Å². The van der Waals surface area contributed by atoms with Crippen molar-refractivity contribution in [1.82, 2.24) is 0 Å². The number of hydrogen-bond acceptors (Lipinski definition) is 8. The molecular weight excluding hydrogens is 392 g/mol. The van der Waals surface area contributed by atoms with Gasteiger partial charge < -0.3 is 24.1 Å². The van der Waals surface area contributed by atoms with E-state index in [1.54, 1.807) is 0 Å². The molecule has 0 amide bonds. The topological polar surface area (TPSA) is 108 Å². The Morgan fingerprint density at radius 2 is 1.40 bits per heavy atom. The molecule has 1 saturated carbocycles. The first-order chi connectivity index (χ1) is 14.3. The molecule has 4 unspecified atom stereocenters. The van der Waals surface area contributed by atoms with E-state index in [2.05, 4.69) is 19.7 Å². The summed E-state index contributed by atoms with van der Waals surface area (Å²) in [6, 6.07) is 0. The predicted octanol–water partition coefficient (Wildman–Crippen LogP) is 2.32. The van der Waals surface area contributed by atoms with E-state index < -0.39 is 29.9 Å². The Balaban J connectivity index is 2.48. The van der Waals surface area contributed by atoms with Gasteiger partial charge in [0.15, 0.2) is 0 Å². The molecule has 0 radical (unpaired) electrons. The van der Waals surface area contributed by atoms with Gasteiger partial charge in [0.05, 0.1) is 24.9 Å². The van der Waals surface area contributed by atoms with Crippen LogP contribution in [-0.2, 0) is 33.3 Å². The second-order valence-corrected chi connectivity index (χ2v) is 7.33. The first kappa shape index (κ1) is 25.4. The zero-order chi connectivity index (χ0) is 22.5. The van der Waals surface area contributed by atoms with Gasteiger partial charge in [-0.05, 0) is 12.8 Å². The Hall–Kier alpha value is -2.61. The van der Waals surface area contributed by atoms with Crippen LogP contribution in [0.15, 0.2) is 37.6 Å². The summed E-state index contributed by atoms with van der Waals surface area (Å²) in [5.41, 5.74) is 0. The van der Waals surface area contributed by atoms with Crippen molar-refractivity contribution >= 4 is 17.9 Å². The van der Waals surface area contributed by atoms with Crippen molar-refractivity contribution in [2.75, 3.05) is 26.4 Å². The maximum atomic E-state index is 12.5. The second-order valence-electron chi connectivity index (χ2n) is 7.33. The van der Waals surface area contributed by atoms with E-state index >= 15 is 0 Å². The second kappa shape index (κ2) is 13.6. The average molecular weight is 424 g/mol. The first-order valence-corrected chi connectivity index (χ1v) is 10.0. The molecule has 1 aliphatic carbocycles. The number of esters is 3. The number of aliphatic hydroxyl groups is 1. The van der Waals surface area contributed by atoms with Gasteiger partial charge in [0.25, 0.3) is 0 Å². The molecular formula is C22H32O8. The summed E-state index contributed by atoms with van der Waals surface area (Å²) in [4.78, 5) is 34.7. The van der Waals surface area contributed by atoms with E-state index in [0.29, 0.717) is 18.8 Å². The largest absolute Gasteiger partial charge is 0.498 e. The molecule has 0 aromatic rings. The molecule has 0 aliphatic heterocycles. The summed E-state index contributed by atoms with van der Waals surface area (Å²) in [5.74, 6) is -1.74. The minimum Gasteiger partial charge on any atom is -0.498 e. The normalized spacial score (nSPS) is 20.2. The smallest absolute Gasteiger partial charge is 0.330 e. The summed E-state index contributed by atoms with van der Waals surface area (Å²) >= 11 is 0. The van der Waals surface area contributed by atoms with Gasteiger partial charge in [-0.2, -0.15) is 0 Å². The third-order valence-electron chi connectivity index (χ3n) is 4.71. The highest BCUT2D eigenvalue weighted by Gasteiger charge is 2.35. The van der Waals surface area contributed by atoms with E-state index in [4.69, 9.17) is 18.9 Å². The molecule has 0 aromatic heterocycles. The summed E-state index contributed by atoms with van der Waals surface area (Å²) in [6.07, 6.45) is 4.20. The summed E-state index contributed by atoms with van der Waals surface area (Å²) < 4.78 is 20.7. The minimum atomic E-state index is -1.11. The van der Waals surface area contributed by atoms with Crippen LogP contribution in [0, 0.1) is 17.8 Å². The lowest BCUT2D eigenvalue weighted by Crippen LogP contribution is -2.33. The van der Waals surface area contributed by atoms with Gasteiger partial charge in [0.1, 0.15) is 19.3 Å². The Labute approximate surface area is 177 Å². The third kappa shape index (κ3) is 9.26. The Morgan fingerprint density at radius 3 is 2.00 bits per heavy atom. The highest BCUT2D eigenvalue weighted by Crippen LogP contribution is 2.36. The van der Waals surface area contributed by atoms with Crippen LogP contribution < -0.4 is 0 Å². The number of ether oxygens (including phenoxy) is 4. The SMILES string of the molecule is C=CC(=O)OCC(C)COC(=C)C1CCCCC1C(=O)OCC(O)COC(=O)C=C. The maximum Gasteiger partial charge on any atom is 0.330 e. The van der Waals surface area contributed by atoms with E-state index in [9.17, 15) is 19.5 Å². The molecule has 0 heterocycles. The highest BCUT2D eigenvalue weighted by molar-refractivity contribution is 5.81. The molecule has 1 N–H and O–H groups in total. The standard InChI is InChI=1S/C22H32O8/c1-5-20(24)28-12-15(3)11-27-16(4)18-9-7-8-10-19(18)22(26)30-14-17(23)13-29-21(25)6-2/h5-6,15,17-19,23H,1-2,4,7-14H2,3H3. The maximum absolute atomic E-state index is 12.5. The molecule has 1 aliphatic rings. The summed E-state index contributed by atoms with van der Waals surface area (Å²) in [5, 5.41) is 9.80. The fourth-order valence-electron chi connectivity index (χ4n) is 3.06. The summed E-state index contributed by atoms with van der Waals surface area (Å²) in [7, 11) is 0. The van der Waals surface area contributed by atoms with E-state index in [-0.39, 0.29) is 31.7 Å². The minimum absolute atomic E-state index is 0.0481. The van der Waals surface area contributed by atoms with Crippen LogP contribution in [0.3, 0.4) is 0 Å². The molecule has 8 nitrogen and oxygen atoms in total. The fourth-order valence-corrected chi connectivity index (χ4v) is 3.06. The quantitative estimate of drug-likeness (QED) is 0.208. The lowest BCUT2D eigenvalue weighted by molar-refractivity contribution is -0.157. The predicted molar refractivity (Wildman–Crippen MR) is 109 cm³/mol. The molecule has 30 heavy (non-hydrogen) atoms. The highest BCUT2D eigenvalue weighted by atomic mass is 16.6. The van der Waals surface area contributed by atoms with Crippen LogP contribution in [0.2, 0.25) is 0 Å². The molecule has 8 heteroatoms. The van der Waals surface area contributed by atoms with Crippen molar-refractivity contribution in [3.63, 3.8) is 0 Å². The average Bonchev–Trinajstić information content (AvgIpc) is 2.77. The van der Waals surface area contributed by atoms with Crippen LogP contribution in [0.5, 0.6) is 0 Å². The van der Waals surface area contributed by atoms with Gasteiger partial charge >= 0.3 is 17.9 Å². The fraction of sp³-hybridized carbons (Fsp3) is 0.591. The van der Waals surface area contributed by atoms with Crippen molar-refractivity contribution in [2.24, 2.45) is 17.8 Å². The molecule has 4 atom stereocenters. The van der Waals surface area contributed by atoms with Crippen LogP contribution in [-0.4, -0.2) is 55.5 Å². The zero-order valence-corrected chi connectivity index (χ0v) is 17.5. The number of rotatable bonds is 13. The number of carbonyl (C=O) groups excluding carboxylic acids is 3.